The smallest absolute Gasteiger partial charge is 0.242 e. The molecule has 0 radical (unpaired) electrons. The maximum atomic E-state index is 12.5. The zero-order valence-electron chi connectivity index (χ0n) is 14.8. The third kappa shape index (κ3) is 3.41. The first-order valence-corrected chi connectivity index (χ1v) is 10.5. The molecular weight excluding hydrogens is 340 g/mol. The lowest BCUT2D eigenvalue weighted by molar-refractivity contribution is -0.119. The van der Waals surface area contributed by atoms with Crippen molar-refractivity contribution in [1.29, 1.82) is 0 Å². The summed E-state index contributed by atoms with van der Waals surface area (Å²) in [4.78, 5) is 17.2. The predicted molar refractivity (Wildman–Crippen MR) is 98.0 cm³/mol. The van der Waals surface area contributed by atoms with Crippen molar-refractivity contribution in [3.05, 3.63) is 24.0 Å². The molecule has 7 nitrogen and oxygen atoms in total. The topological polar surface area (TPSA) is 84.3 Å². The highest BCUT2D eigenvalue weighted by atomic mass is 32.2. The number of nitrogens with one attached hydrogen (secondary N) is 1. The van der Waals surface area contributed by atoms with Gasteiger partial charge in [-0.15, -0.1) is 0 Å². The molecule has 1 aromatic carbocycles. The fourth-order valence-corrected chi connectivity index (χ4v) is 4.63. The Hall–Kier alpha value is -1.93. The van der Waals surface area contributed by atoms with Crippen LogP contribution in [0.15, 0.2) is 18.2 Å². The van der Waals surface area contributed by atoms with Crippen molar-refractivity contribution in [3.8, 4) is 0 Å². The van der Waals surface area contributed by atoms with Crippen LogP contribution < -0.4 is 5.32 Å². The van der Waals surface area contributed by atoms with Crippen molar-refractivity contribution in [2.45, 2.75) is 45.7 Å². The molecule has 0 saturated carbocycles. The summed E-state index contributed by atoms with van der Waals surface area (Å²) in [5.41, 5.74) is 2.51. The van der Waals surface area contributed by atoms with E-state index in [0.717, 1.165) is 36.1 Å². The number of aryl methyl sites for hydroxylation is 2. The van der Waals surface area contributed by atoms with Crippen LogP contribution in [0.25, 0.3) is 11.0 Å². The van der Waals surface area contributed by atoms with Crippen LogP contribution >= 0.6 is 0 Å². The monoisotopic (exact) mass is 364 g/mol. The Morgan fingerprint density at radius 1 is 1.36 bits per heavy atom. The Morgan fingerprint density at radius 3 is 2.76 bits per heavy atom. The van der Waals surface area contributed by atoms with Crippen LogP contribution in [-0.2, 0) is 27.8 Å². The van der Waals surface area contributed by atoms with E-state index in [1.165, 1.54) is 4.31 Å². The fraction of sp³-hybridized carbons (Fsp3) is 0.529. The van der Waals surface area contributed by atoms with Gasteiger partial charge in [0.25, 0.3) is 0 Å². The number of carbonyl (C=O) groups excluding carboxylic acids is 1. The van der Waals surface area contributed by atoms with Crippen LogP contribution in [0, 0.1) is 0 Å². The molecule has 0 unspecified atom stereocenters. The molecule has 0 spiro atoms. The molecule has 1 aliphatic rings. The van der Waals surface area contributed by atoms with Crippen molar-refractivity contribution in [3.63, 3.8) is 0 Å². The van der Waals surface area contributed by atoms with Gasteiger partial charge in [-0.3, -0.25) is 4.79 Å². The first kappa shape index (κ1) is 17.9. The highest BCUT2D eigenvalue weighted by Crippen LogP contribution is 2.24. The third-order valence-corrected chi connectivity index (χ3v) is 5.95. The van der Waals surface area contributed by atoms with Crippen molar-refractivity contribution in [2.24, 2.45) is 0 Å². The van der Waals surface area contributed by atoms with Crippen LogP contribution in [0.3, 0.4) is 0 Å². The van der Waals surface area contributed by atoms with Crippen molar-refractivity contribution in [1.82, 2.24) is 13.9 Å². The zero-order valence-corrected chi connectivity index (χ0v) is 15.6. The van der Waals surface area contributed by atoms with Gasteiger partial charge in [0.1, 0.15) is 11.9 Å². The van der Waals surface area contributed by atoms with Gasteiger partial charge in [-0.05, 0) is 38.0 Å². The molecule has 1 N–H and O–H groups in total. The molecule has 136 valence electrons. The second-order valence-corrected chi connectivity index (χ2v) is 8.29. The van der Waals surface area contributed by atoms with Crippen LogP contribution in [0.1, 0.15) is 32.5 Å². The molecule has 8 heteroatoms. The molecule has 1 aromatic heterocycles. The zero-order chi connectivity index (χ0) is 18.2. The largest absolute Gasteiger partial charge is 0.328 e. The van der Waals surface area contributed by atoms with Crippen LogP contribution in [0.2, 0.25) is 0 Å². The minimum absolute atomic E-state index is 0.284. The van der Waals surface area contributed by atoms with Gasteiger partial charge in [0.15, 0.2) is 0 Å². The van der Waals surface area contributed by atoms with Crippen LogP contribution in [0.4, 0.5) is 5.69 Å². The van der Waals surface area contributed by atoms with Gasteiger partial charge in [-0.25, -0.2) is 13.4 Å². The van der Waals surface area contributed by atoms with E-state index in [4.69, 9.17) is 0 Å². The van der Waals surface area contributed by atoms with Gasteiger partial charge in [0.2, 0.25) is 15.9 Å². The molecule has 0 aliphatic carbocycles. The standard InChI is InChI=1S/C17H24N4O3S/c1-4-16-19-13-11-12(8-9-14(13)20(16)5-2)18-17(22)15-7-6-10-21(15)25(3,23)24/h8-9,11,15H,4-7,10H2,1-3H3,(H,18,22)/t15-/m0/s1. The fourth-order valence-electron chi connectivity index (χ4n) is 3.50. The highest BCUT2D eigenvalue weighted by molar-refractivity contribution is 7.88. The van der Waals surface area contributed by atoms with E-state index in [2.05, 4.69) is 28.7 Å². The number of sulfonamides is 1. The normalized spacial score (nSPS) is 18.8. The summed E-state index contributed by atoms with van der Waals surface area (Å²) >= 11 is 0. The SMILES string of the molecule is CCc1nc2cc(NC(=O)[C@@H]3CCCN3S(C)(=O)=O)ccc2n1CC. The molecule has 1 fully saturated rings. The molecular formula is C17H24N4O3S. The Morgan fingerprint density at radius 2 is 2.12 bits per heavy atom. The van der Waals surface area contributed by atoms with Gasteiger partial charge in [0.05, 0.1) is 17.3 Å². The van der Waals surface area contributed by atoms with Gasteiger partial charge in [-0.2, -0.15) is 4.31 Å². The Kier molecular flexibility index (Phi) is 4.83. The predicted octanol–water partition coefficient (Wildman–Crippen LogP) is 1.98. The Balaban J connectivity index is 1.84. The first-order valence-electron chi connectivity index (χ1n) is 8.62. The summed E-state index contributed by atoms with van der Waals surface area (Å²) in [6.07, 6.45) is 3.24. The number of nitrogens with zero attached hydrogens (tertiary/aromatic N) is 3. The van der Waals surface area contributed by atoms with E-state index in [-0.39, 0.29) is 5.91 Å². The number of aromatic nitrogens is 2. The minimum Gasteiger partial charge on any atom is -0.328 e. The van der Waals surface area contributed by atoms with E-state index < -0.39 is 16.1 Å². The molecule has 2 heterocycles. The van der Waals surface area contributed by atoms with Gasteiger partial charge in [0, 0.05) is 25.2 Å². The minimum atomic E-state index is -3.38. The lowest BCUT2D eigenvalue weighted by atomic mass is 10.2. The van der Waals surface area contributed by atoms with E-state index in [0.29, 0.717) is 25.1 Å². The molecule has 2 aromatic rings. The molecule has 25 heavy (non-hydrogen) atoms. The van der Waals surface area contributed by atoms with Crippen molar-refractivity contribution in [2.75, 3.05) is 18.1 Å². The number of hydrogen-bond acceptors (Lipinski definition) is 4. The van der Waals surface area contributed by atoms with Crippen molar-refractivity contribution >= 4 is 32.7 Å². The average Bonchev–Trinajstić information content (AvgIpc) is 3.18. The summed E-state index contributed by atoms with van der Waals surface area (Å²) in [7, 11) is -3.38. The molecule has 1 amide bonds. The summed E-state index contributed by atoms with van der Waals surface area (Å²) < 4.78 is 27.1. The number of carbonyl (C=O) groups is 1. The quantitative estimate of drug-likeness (QED) is 0.879. The van der Waals surface area contributed by atoms with E-state index in [9.17, 15) is 13.2 Å². The number of imidazole rings is 1. The molecule has 1 atom stereocenters. The van der Waals surface area contributed by atoms with Gasteiger partial charge >= 0.3 is 0 Å². The average molecular weight is 364 g/mol. The number of rotatable bonds is 5. The number of fused-ring (bicyclic) bond motifs is 1. The van der Waals surface area contributed by atoms with Gasteiger partial charge in [-0.1, -0.05) is 6.92 Å². The molecule has 0 bridgehead atoms. The molecule has 1 saturated heterocycles. The Labute approximate surface area is 148 Å². The van der Waals surface area contributed by atoms with E-state index >= 15 is 0 Å². The molecule has 3 rings (SSSR count). The molecule has 1 aliphatic heterocycles. The van der Waals surface area contributed by atoms with Crippen LogP contribution in [-0.4, -0.2) is 47.0 Å². The number of benzene rings is 1. The number of anilines is 1. The second kappa shape index (κ2) is 6.76. The van der Waals surface area contributed by atoms with Crippen LogP contribution in [0.5, 0.6) is 0 Å². The van der Waals surface area contributed by atoms with E-state index in [1.807, 2.05) is 18.2 Å². The lowest BCUT2D eigenvalue weighted by Crippen LogP contribution is -2.42. The Bertz CT molecular complexity index is 904. The maximum Gasteiger partial charge on any atom is 0.242 e. The summed E-state index contributed by atoms with van der Waals surface area (Å²) in [6, 6.07) is 5.00. The lowest BCUT2D eigenvalue weighted by Gasteiger charge is -2.21. The third-order valence-electron chi connectivity index (χ3n) is 4.66. The van der Waals surface area contributed by atoms with E-state index in [1.54, 1.807) is 0 Å². The number of hydrogen-bond donors (Lipinski definition) is 1. The first-order chi connectivity index (χ1) is 11.8. The highest BCUT2D eigenvalue weighted by Gasteiger charge is 2.36. The second-order valence-electron chi connectivity index (χ2n) is 6.35. The van der Waals surface area contributed by atoms with Gasteiger partial charge < -0.3 is 9.88 Å². The summed E-state index contributed by atoms with van der Waals surface area (Å²) in [5, 5.41) is 2.85. The summed E-state index contributed by atoms with van der Waals surface area (Å²) in [5.74, 6) is 0.730. The number of amides is 1. The maximum absolute atomic E-state index is 12.5. The van der Waals surface area contributed by atoms with Crippen molar-refractivity contribution < 1.29 is 13.2 Å². The summed E-state index contributed by atoms with van der Waals surface area (Å²) in [6.45, 7) is 5.39.